The number of hydrogen-bond donors (Lipinski definition) is 2. The average molecular weight is 362 g/mol. The van der Waals surface area contributed by atoms with Crippen LogP contribution in [-0.4, -0.2) is 28.6 Å². The monoisotopic (exact) mass is 362 g/mol. The minimum absolute atomic E-state index is 0.0259. The van der Waals surface area contributed by atoms with E-state index in [1.54, 1.807) is 35.6 Å². The number of aryl methyl sites for hydroxylation is 2. The number of amides is 1. The number of aromatic nitrogens is 1. The first kappa shape index (κ1) is 18.9. The number of anilines is 1. The zero-order valence-electron chi connectivity index (χ0n) is 14.2. The number of ether oxygens (including phenoxy) is 1. The van der Waals surface area contributed by atoms with Crippen LogP contribution in [0.25, 0.3) is 0 Å². The first-order chi connectivity index (χ1) is 12.0. The Morgan fingerprint density at radius 3 is 2.60 bits per heavy atom. The number of carbonyl (C=O) groups is 2. The zero-order valence-corrected chi connectivity index (χ0v) is 15.0. The molecule has 25 heavy (non-hydrogen) atoms. The number of aliphatic carboxylic acids is 1. The van der Waals surface area contributed by atoms with E-state index >= 15 is 0 Å². The standard InChI is InChI=1S/C18H22N2O4S/c1-13-19-15(12-25-13)4-2-5-17(21)20-14-7-9-16(10-8-14)24-11-3-6-18(22)23/h7-10,12H,2-6,11H2,1H3,(H,20,21)(H,22,23). The van der Waals surface area contributed by atoms with Gasteiger partial charge in [-0.05, 0) is 50.5 Å². The van der Waals surface area contributed by atoms with Gasteiger partial charge in [0.05, 0.1) is 17.3 Å². The lowest BCUT2D eigenvalue weighted by molar-refractivity contribution is -0.137. The summed E-state index contributed by atoms with van der Waals surface area (Å²) in [4.78, 5) is 26.7. The number of rotatable bonds is 10. The topological polar surface area (TPSA) is 88.5 Å². The number of carboxylic acid groups (broad SMARTS) is 1. The highest BCUT2D eigenvalue weighted by Crippen LogP contribution is 2.17. The lowest BCUT2D eigenvalue weighted by Crippen LogP contribution is -2.11. The summed E-state index contributed by atoms with van der Waals surface area (Å²) in [5, 5.41) is 14.5. The predicted octanol–water partition coefficient (Wildman–Crippen LogP) is 3.66. The normalized spacial score (nSPS) is 10.4. The minimum Gasteiger partial charge on any atom is -0.494 e. The van der Waals surface area contributed by atoms with E-state index < -0.39 is 5.97 Å². The van der Waals surface area contributed by atoms with Gasteiger partial charge >= 0.3 is 5.97 Å². The molecular formula is C18H22N2O4S. The summed E-state index contributed by atoms with van der Waals surface area (Å²) < 4.78 is 5.45. The highest BCUT2D eigenvalue weighted by atomic mass is 32.1. The molecule has 0 aliphatic heterocycles. The number of nitrogens with zero attached hydrogens (tertiary/aromatic N) is 1. The van der Waals surface area contributed by atoms with Gasteiger partial charge in [-0.15, -0.1) is 11.3 Å². The van der Waals surface area contributed by atoms with Crippen LogP contribution in [0.1, 0.15) is 36.4 Å². The molecule has 0 atom stereocenters. The largest absolute Gasteiger partial charge is 0.494 e. The third-order valence-corrected chi connectivity index (χ3v) is 4.27. The van der Waals surface area contributed by atoms with Gasteiger partial charge in [-0.1, -0.05) is 0 Å². The Hall–Kier alpha value is -2.41. The van der Waals surface area contributed by atoms with E-state index in [1.807, 2.05) is 12.3 Å². The fourth-order valence-electron chi connectivity index (χ4n) is 2.22. The molecule has 2 N–H and O–H groups in total. The molecule has 6 nitrogen and oxygen atoms in total. The van der Waals surface area contributed by atoms with E-state index in [4.69, 9.17) is 9.84 Å². The van der Waals surface area contributed by atoms with Crippen molar-refractivity contribution in [2.75, 3.05) is 11.9 Å². The van der Waals surface area contributed by atoms with Crippen LogP contribution in [0, 0.1) is 6.92 Å². The summed E-state index contributed by atoms with van der Waals surface area (Å²) in [5.41, 5.74) is 1.76. The number of hydrogen-bond acceptors (Lipinski definition) is 5. The van der Waals surface area contributed by atoms with Crippen molar-refractivity contribution in [1.29, 1.82) is 0 Å². The summed E-state index contributed by atoms with van der Waals surface area (Å²) in [7, 11) is 0. The van der Waals surface area contributed by atoms with Gasteiger partial charge in [-0.2, -0.15) is 0 Å². The van der Waals surface area contributed by atoms with Gasteiger partial charge in [0.1, 0.15) is 5.75 Å². The van der Waals surface area contributed by atoms with Gasteiger partial charge in [-0.3, -0.25) is 9.59 Å². The molecule has 0 fully saturated rings. The van der Waals surface area contributed by atoms with Gasteiger partial charge in [0.2, 0.25) is 5.91 Å². The quantitative estimate of drug-likeness (QED) is 0.630. The third kappa shape index (κ3) is 7.34. The van der Waals surface area contributed by atoms with Crippen molar-refractivity contribution >= 4 is 28.9 Å². The number of carbonyl (C=O) groups excluding carboxylic acids is 1. The molecule has 0 bridgehead atoms. The molecule has 134 valence electrons. The first-order valence-electron chi connectivity index (χ1n) is 8.18. The van der Waals surface area contributed by atoms with Crippen molar-refractivity contribution < 1.29 is 19.4 Å². The summed E-state index contributed by atoms with van der Waals surface area (Å²) in [6.07, 6.45) is 2.58. The molecule has 1 aromatic heterocycles. The minimum atomic E-state index is -0.827. The van der Waals surface area contributed by atoms with Crippen molar-refractivity contribution in [3.05, 3.63) is 40.3 Å². The van der Waals surface area contributed by atoms with E-state index in [2.05, 4.69) is 10.3 Å². The van der Waals surface area contributed by atoms with Crippen LogP contribution in [0.3, 0.4) is 0 Å². The molecular weight excluding hydrogens is 340 g/mol. The Labute approximate surface area is 150 Å². The Morgan fingerprint density at radius 1 is 1.20 bits per heavy atom. The van der Waals surface area contributed by atoms with Gasteiger partial charge in [0, 0.05) is 23.9 Å². The maximum atomic E-state index is 12.0. The smallest absolute Gasteiger partial charge is 0.303 e. The Balaban J connectivity index is 1.67. The highest BCUT2D eigenvalue weighted by Gasteiger charge is 2.05. The molecule has 1 amide bonds. The molecule has 0 spiro atoms. The Morgan fingerprint density at radius 2 is 1.96 bits per heavy atom. The maximum absolute atomic E-state index is 12.0. The van der Waals surface area contributed by atoms with Gasteiger partial charge in [-0.25, -0.2) is 4.98 Å². The summed E-state index contributed by atoms with van der Waals surface area (Å²) >= 11 is 1.62. The van der Waals surface area contributed by atoms with Crippen molar-refractivity contribution in [3.63, 3.8) is 0 Å². The van der Waals surface area contributed by atoms with Crippen LogP contribution in [0.4, 0.5) is 5.69 Å². The molecule has 2 aromatic rings. The van der Waals surface area contributed by atoms with Crippen LogP contribution in [-0.2, 0) is 16.0 Å². The lowest BCUT2D eigenvalue weighted by Gasteiger charge is -2.08. The molecule has 0 unspecified atom stereocenters. The first-order valence-corrected chi connectivity index (χ1v) is 9.06. The van der Waals surface area contributed by atoms with Crippen LogP contribution in [0.5, 0.6) is 5.75 Å². The molecule has 0 saturated carbocycles. The molecule has 0 saturated heterocycles. The third-order valence-electron chi connectivity index (χ3n) is 3.45. The fourth-order valence-corrected chi connectivity index (χ4v) is 2.87. The van der Waals surface area contributed by atoms with Gasteiger partial charge < -0.3 is 15.2 Å². The maximum Gasteiger partial charge on any atom is 0.303 e. The van der Waals surface area contributed by atoms with Crippen LogP contribution < -0.4 is 10.1 Å². The van der Waals surface area contributed by atoms with E-state index in [9.17, 15) is 9.59 Å². The van der Waals surface area contributed by atoms with Gasteiger partial charge in [0.25, 0.3) is 0 Å². The van der Waals surface area contributed by atoms with Crippen molar-refractivity contribution in [1.82, 2.24) is 4.98 Å². The second-order valence-electron chi connectivity index (χ2n) is 5.63. The van der Waals surface area contributed by atoms with Gasteiger partial charge in [0.15, 0.2) is 0 Å². The molecule has 2 rings (SSSR count). The average Bonchev–Trinajstić information content (AvgIpc) is 2.98. The van der Waals surface area contributed by atoms with Crippen molar-refractivity contribution in [2.45, 2.75) is 39.0 Å². The predicted molar refractivity (Wildman–Crippen MR) is 97.2 cm³/mol. The second-order valence-corrected chi connectivity index (χ2v) is 6.69. The molecule has 1 aromatic carbocycles. The van der Waals surface area contributed by atoms with E-state index in [0.29, 0.717) is 30.9 Å². The van der Waals surface area contributed by atoms with Crippen molar-refractivity contribution in [2.24, 2.45) is 0 Å². The fraction of sp³-hybridized carbons (Fsp3) is 0.389. The highest BCUT2D eigenvalue weighted by molar-refractivity contribution is 7.09. The van der Waals surface area contributed by atoms with E-state index in [1.165, 1.54) is 0 Å². The molecule has 0 radical (unpaired) electrons. The molecule has 7 heteroatoms. The molecule has 0 aliphatic carbocycles. The summed E-state index contributed by atoms with van der Waals surface area (Å²) in [5.74, 6) is -0.198. The summed E-state index contributed by atoms with van der Waals surface area (Å²) in [6, 6.07) is 7.06. The zero-order chi connectivity index (χ0) is 18.1. The Bertz CT molecular complexity index is 697. The second kappa shape index (κ2) is 9.78. The van der Waals surface area contributed by atoms with E-state index in [0.717, 1.165) is 23.5 Å². The van der Waals surface area contributed by atoms with Crippen LogP contribution in [0.15, 0.2) is 29.6 Å². The number of benzene rings is 1. The van der Waals surface area contributed by atoms with E-state index in [-0.39, 0.29) is 12.3 Å². The van der Waals surface area contributed by atoms with Crippen LogP contribution in [0.2, 0.25) is 0 Å². The SMILES string of the molecule is Cc1nc(CCCC(=O)Nc2ccc(OCCCC(=O)O)cc2)cs1. The lowest BCUT2D eigenvalue weighted by atomic mass is 10.2. The molecule has 0 aliphatic rings. The van der Waals surface area contributed by atoms with Crippen molar-refractivity contribution in [3.8, 4) is 5.75 Å². The Kier molecular flexibility index (Phi) is 7.40. The summed E-state index contributed by atoms with van der Waals surface area (Å²) in [6.45, 7) is 2.33. The number of nitrogens with one attached hydrogen (secondary N) is 1. The number of carboxylic acids is 1. The number of thiazole rings is 1. The van der Waals surface area contributed by atoms with Crippen LogP contribution >= 0.6 is 11.3 Å². The molecule has 1 heterocycles.